The first-order valence-electron chi connectivity index (χ1n) is 5.61. The molecule has 0 radical (unpaired) electrons. The number of anilines is 1. The van der Waals surface area contributed by atoms with Gasteiger partial charge in [0, 0.05) is 16.3 Å². The summed E-state index contributed by atoms with van der Waals surface area (Å²) in [6.07, 6.45) is 0. The highest BCUT2D eigenvalue weighted by atomic mass is 35.5. The average Bonchev–Trinajstić information content (AvgIpc) is 2.77. The van der Waals surface area contributed by atoms with Gasteiger partial charge in [-0.2, -0.15) is 0 Å². The van der Waals surface area contributed by atoms with Gasteiger partial charge in [-0.1, -0.05) is 29.3 Å². The van der Waals surface area contributed by atoms with Gasteiger partial charge in [0.05, 0.1) is 15.7 Å². The van der Waals surface area contributed by atoms with Crippen LogP contribution in [0.15, 0.2) is 29.2 Å². The fourth-order valence-electron chi connectivity index (χ4n) is 1.67. The van der Waals surface area contributed by atoms with E-state index in [1.807, 2.05) is 0 Å². The minimum absolute atomic E-state index is 0.171. The Labute approximate surface area is 131 Å². The van der Waals surface area contributed by atoms with E-state index < -0.39 is 10.0 Å². The molecule has 2 rings (SSSR count). The summed E-state index contributed by atoms with van der Waals surface area (Å²) in [6, 6.07) is 6.33. The Balaban J connectivity index is 2.40. The molecule has 4 nitrogen and oxygen atoms in total. The third-order valence-corrected chi connectivity index (χ3v) is 6.12. The lowest BCUT2D eigenvalue weighted by Gasteiger charge is -2.09. The molecule has 0 bridgehead atoms. The molecule has 3 N–H and O–H groups in total. The number of aryl methyl sites for hydroxylation is 1. The zero-order valence-electron chi connectivity index (χ0n) is 10.5. The Morgan fingerprint density at radius 1 is 1.35 bits per heavy atom. The second kappa shape index (κ2) is 5.91. The second-order valence-corrected chi connectivity index (χ2v) is 7.82. The van der Waals surface area contributed by atoms with Crippen molar-refractivity contribution in [2.75, 3.05) is 4.72 Å². The molecule has 1 aromatic heterocycles. The molecule has 0 unspecified atom stereocenters. The summed E-state index contributed by atoms with van der Waals surface area (Å²) >= 11 is 13.2. The first kappa shape index (κ1) is 15.6. The van der Waals surface area contributed by atoms with Gasteiger partial charge in [0.25, 0.3) is 10.0 Å². The van der Waals surface area contributed by atoms with Crippen LogP contribution >= 0.6 is 34.5 Å². The van der Waals surface area contributed by atoms with E-state index in [1.54, 1.807) is 31.2 Å². The van der Waals surface area contributed by atoms with E-state index in [0.29, 0.717) is 11.4 Å². The molecule has 0 saturated carbocycles. The SMILES string of the molecule is Cc1sc(CN)cc1S(=O)(=O)Nc1cccc(Cl)c1Cl. The van der Waals surface area contributed by atoms with Crippen LogP contribution in [0.25, 0.3) is 0 Å². The van der Waals surface area contributed by atoms with Crippen LogP contribution in [0.2, 0.25) is 10.0 Å². The van der Waals surface area contributed by atoms with Crippen LogP contribution in [0.5, 0.6) is 0 Å². The minimum atomic E-state index is -3.71. The van der Waals surface area contributed by atoms with Gasteiger partial charge in [0.1, 0.15) is 4.90 Å². The van der Waals surface area contributed by atoms with Gasteiger partial charge >= 0.3 is 0 Å². The Hall–Kier alpha value is -0.790. The summed E-state index contributed by atoms with van der Waals surface area (Å²) in [5.74, 6) is 0. The molecule has 0 spiro atoms. The maximum Gasteiger partial charge on any atom is 0.263 e. The maximum absolute atomic E-state index is 12.4. The highest BCUT2D eigenvalue weighted by Crippen LogP contribution is 2.33. The van der Waals surface area contributed by atoms with Crippen molar-refractivity contribution in [3.05, 3.63) is 44.1 Å². The van der Waals surface area contributed by atoms with Crippen molar-refractivity contribution in [3.8, 4) is 0 Å². The summed E-state index contributed by atoms with van der Waals surface area (Å²) in [5.41, 5.74) is 5.78. The van der Waals surface area contributed by atoms with E-state index in [4.69, 9.17) is 28.9 Å². The Bertz CT molecular complexity index is 742. The summed E-state index contributed by atoms with van der Waals surface area (Å²) in [7, 11) is -3.71. The fraction of sp³-hybridized carbons (Fsp3) is 0.167. The topological polar surface area (TPSA) is 72.2 Å². The largest absolute Gasteiger partial charge is 0.326 e. The van der Waals surface area contributed by atoms with E-state index >= 15 is 0 Å². The van der Waals surface area contributed by atoms with Crippen molar-refractivity contribution < 1.29 is 8.42 Å². The van der Waals surface area contributed by atoms with Crippen LogP contribution < -0.4 is 10.5 Å². The van der Waals surface area contributed by atoms with Crippen molar-refractivity contribution in [1.82, 2.24) is 0 Å². The molecule has 0 saturated heterocycles. The zero-order chi connectivity index (χ0) is 14.9. The molecule has 0 aliphatic heterocycles. The van der Waals surface area contributed by atoms with E-state index in [2.05, 4.69) is 4.72 Å². The van der Waals surface area contributed by atoms with E-state index in [0.717, 1.165) is 4.88 Å². The Morgan fingerprint density at radius 2 is 2.05 bits per heavy atom. The van der Waals surface area contributed by atoms with Crippen molar-refractivity contribution in [2.45, 2.75) is 18.4 Å². The molecule has 0 fully saturated rings. The van der Waals surface area contributed by atoms with E-state index in [9.17, 15) is 8.42 Å². The first-order valence-corrected chi connectivity index (χ1v) is 8.67. The number of thiophene rings is 1. The standard InChI is InChI=1S/C12H12Cl2N2O2S2/c1-7-11(5-8(6-15)19-7)20(17,18)16-10-4-2-3-9(13)12(10)14/h2-5,16H,6,15H2,1H3. The number of nitrogens with one attached hydrogen (secondary N) is 1. The molecule has 0 aliphatic carbocycles. The summed E-state index contributed by atoms with van der Waals surface area (Å²) < 4.78 is 27.2. The number of halogens is 2. The molecular weight excluding hydrogens is 339 g/mol. The van der Waals surface area contributed by atoms with Crippen molar-refractivity contribution in [1.29, 1.82) is 0 Å². The molecular formula is C12H12Cl2N2O2S2. The van der Waals surface area contributed by atoms with Crippen LogP contribution in [-0.2, 0) is 16.6 Å². The molecule has 1 aromatic carbocycles. The molecule has 0 amide bonds. The Kier molecular flexibility index (Phi) is 4.61. The van der Waals surface area contributed by atoms with Gasteiger partial charge in [-0.15, -0.1) is 11.3 Å². The quantitative estimate of drug-likeness (QED) is 0.884. The van der Waals surface area contributed by atoms with Gasteiger partial charge in [0.15, 0.2) is 0 Å². The normalized spacial score (nSPS) is 11.6. The van der Waals surface area contributed by atoms with Crippen molar-refractivity contribution >= 4 is 50.2 Å². The van der Waals surface area contributed by atoms with Gasteiger partial charge in [-0.05, 0) is 25.1 Å². The predicted molar refractivity (Wildman–Crippen MR) is 84.2 cm³/mol. The van der Waals surface area contributed by atoms with Gasteiger partial charge in [-0.25, -0.2) is 8.42 Å². The summed E-state index contributed by atoms with van der Waals surface area (Å²) in [4.78, 5) is 1.69. The number of nitrogens with two attached hydrogens (primary N) is 1. The molecule has 0 aliphatic rings. The third-order valence-electron chi connectivity index (χ3n) is 2.61. The average molecular weight is 351 g/mol. The van der Waals surface area contributed by atoms with Gasteiger partial charge in [0.2, 0.25) is 0 Å². The number of hydrogen-bond donors (Lipinski definition) is 2. The molecule has 1 heterocycles. The molecule has 108 valence electrons. The molecule has 0 atom stereocenters. The third kappa shape index (κ3) is 3.10. The van der Waals surface area contributed by atoms with Crippen LogP contribution in [0, 0.1) is 6.92 Å². The highest BCUT2D eigenvalue weighted by molar-refractivity contribution is 7.93. The fourth-order valence-corrected chi connectivity index (χ4v) is 4.66. The van der Waals surface area contributed by atoms with Crippen molar-refractivity contribution in [2.24, 2.45) is 5.73 Å². The van der Waals surface area contributed by atoms with Crippen LogP contribution in [0.4, 0.5) is 5.69 Å². The summed E-state index contributed by atoms with van der Waals surface area (Å²) in [6.45, 7) is 2.04. The lowest BCUT2D eigenvalue weighted by atomic mass is 10.3. The second-order valence-electron chi connectivity index (χ2n) is 4.04. The number of benzene rings is 1. The highest BCUT2D eigenvalue weighted by Gasteiger charge is 2.21. The van der Waals surface area contributed by atoms with E-state index in [-0.39, 0.29) is 20.6 Å². The number of sulfonamides is 1. The van der Waals surface area contributed by atoms with Crippen LogP contribution in [0.3, 0.4) is 0 Å². The lowest BCUT2D eigenvalue weighted by Crippen LogP contribution is -2.13. The van der Waals surface area contributed by atoms with E-state index in [1.165, 1.54) is 11.3 Å². The first-order chi connectivity index (χ1) is 9.35. The molecule has 8 heteroatoms. The maximum atomic E-state index is 12.4. The molecule has 2 aromatic rings. The minimum Gasteiger partial charge on any atom is -0.326 e. The monoisotopic (exact) mass is 350 g/mol. The number of rotatable bonds is 4. The van der Waals surface area contributed by atoms with Gasteiger partial charge < -0.3 is 5.73 Å². The summed E-state index contributed by atoms with van der Waals surface area (Å²) in [5, 5.41) is 0.459. The van der Waals surface area contributed by atoms with Crippen molar-refractivity contribution in [3.63, 3.8) is 0 Å². The van der Waals surface area contributed by atoms with Crippen LogP contribution in [0.1, 0.15) is 9.75 Å². The van der Waals surface area contributed by atoms with Gasteiger partial charge in [-0.3, -0.25) is 4.72 Å². The lowest BCUT2D eigenvalue weighted by molar-refractivity contribution is 0.601. The predicted octanol–water partition coefficient (Wildman–Crippen LogP) is 3.62. The van der Waals surface area contributed by atoms with Crippen LogP contribution in [-0.4, -0.2) is 8.42 Å². The smallest absolute Gasteiger partial charge is 0.263 e. The number of hydrogen-bond acceptors (Lipinski definition) is 4. The Morgan fingerprint density at radius 3 is 2.65 bits per heavy atom. The zero-order valence-corrected chi connectivity index (χ0v) is 13.6. The molecule has 20 heavy (non-hydrogen) atoms.